The molecule has 2 heterocycles. The second-order valence-corrected chi connectivity index (χ2v) is 14.6. The first-order valence-electron chi connectivity index (χ1n) is 15.2. The SMILES string of the molecule is CC[C@H](C(=O)N1C(=O)O[C@@H]2[C@@H](OC(=O)C(C)(C)C)[C@@H]([C@@H](COC(=O)C(C)(C)C)OC(=O)C(C)(C)C)O[C@@H]21)[C@H](O)c1ccccc1. The number of carbonyl (C=O) groups is 5. The molecule has 3 rings (SSSR count). The lowest BCUT2D eigenvalue weighted by Gasteiger charge is -2.32. The van der Waals surface area contributed by atoms with Gasteiger partial charge in [-0.3, -0.25) is 19.2 Å². The van der Waals surface area contributed by atoms with Crippen LogP contribution in [0, 0.1) is 22.2 Å². The topological polar surface area (TPSA) is 155 Å². The van der Waals surface area contributed by atoms with E-state index in [9.17, 15) is 29.1 Å². The second-order valence-electron chi connectivity index (χ2n) is 14.6. The lowest BCUT2D eigenvalue weighted by Crippen LogP contribution is -2.49. The summed E-state index contributed by atoms with van der Waals surface area (Å²) in [6.45, 7) is 16.0. The highest BCUT2D eigenvalue weighted by molar-refractivity contribution is 5.95. The van der Waals surface area contributed by atoms with Crippen LogP contribution in [-0.2, 0) is 42.9 Å². The van der Waals surface area contributed by atoms with Crippen molar-refractivity contribution in [3.63, 3.8) is 0 Å². The molecule has 0 radical (unpaired) electrons. The number of fused-ring (bicyclic) bond motifs is 1. The number of hydrogen-bond donors (Lipinski definition) is 1. The third-order valence-electron chi connectivity index (χ3n) is 7.51. The van der Waals surface area contributed by atoms with Crippen molar-refractivity contribution < 1.29 is 52.8 Å². The third-order valence-corrected chi connectivity index (χ3v) is 7.51. The fraction of sp³-hybridized carbons (Fsp3) is 0.667. The molecule has 0 spiro atoms. The maximum Gasteiger partial charge on any atom is 0.419 e. The molecule has 7 atom stereocenters. The Morgan fingerprint density at radius 3 is 1.96 bits per heavy atom. The van der Waals surface area contributed by atoms with E-state index in [1.54, 1.807) is 99.6 Å². The molecule has 1 N–H and O–H groups in total. The quantitative estimate of drug-likeness (QED) is 0.305. The predicted octanol–water partition coefficient (Wildman–Crippen LogP) is 4.32. The monoisotopic (exact) mass is 633 g/mol. The number of esters is 3. The van der Waals surface area contributed by atoms with E-state index >= 15 is 0 Å². The fourth-order valence-corrected chi connectivity index (χ4v) is 4.70. The van der Waals surface area contributed by atoms with Crippen LogP contribution in [0.15, 0.2) is 30.3 Å². The molecule has 2 amide bonds. The van der Waals surface area contributed by atoms with E-state index in [4.69, 9.17) is 23.7 Å². The van der Waals surface area contributed by atoms with Gasteiger partial charge < -0.3 is 28.8 Å². The number of ether oxygens (including phenoxy) is 5. The first-order chi connectivity index (χ1) is 20.7. The maximum absolute atomic E-state index is 13.9. The van der Waals surface area contributed by atoms with E-state index < -0.39 is 95.4 Å². The Morgan fingerprint density at radius 2 is 1.44 bits per heavy atom. The van der Waals surface area contributed by atoms with Gasteiger partial charge in [0.15, 0.2) is 24.5 Å². The van der Waals surface area contributed by atoms with Gasteiger partial charge in [0.25, 0.3) is 0 Å². The fourth-order valence-electron chi connectivity index (χ4n) is 4.70. The zero-order valence-electron chi connectivity index (χ0n) is 27.8. The highest BCUT2D eigenvalue weighted by Gasteiger charge is 2.63. The van der Waals surface area contributed by atoms with Crippen LogP contribution in [0.3, 0.4) is 0 Å². The number of aliphatic hydroxyl groups is 1. The molecule has 2 aliphatic heterocycles. The number of aliphatic hydroxyl groups excluding tert-OH is 1. The number of hydrogen-bond acceptors (Lipinski definition) is 11. The summed E-state index contributed by atoms with van der Waals surface area (Å²) in [6.07, 6.45) is -8.72. The number of benzene rings is 1. The molecule has 45 heavy (non-hydrogen) atoms. The molecule has 2 aliphatic rings. The summed E-state index contributed by atoms with van der Waals surface area (Å²) in [5.74, 6) is -3.69. The van der Waals surface area contributed by atoms with Gasteiger partial charge in [0.1, 0.15) is 12.7 Å². The zero-order chi connectivity index (χ0) is 34.1. The van der Waals surface area contributed by atoms with Crippen molar-refractivity contribution >= 4 is 29.9 Å². The van der Waals surface area contributed by atoms with Crippen molar-refractivity contribution in [3.05, 3.63) is 35.9 Å². The van der Waals surface area contributed by atoms with Crippen LogP contribution in [0.25, 0.3) is 0 Å². The van der Waals surface area contributed by atoms with Crippen LogP contribution in [0.5, 0.6) is 0 Å². The van der Waals surface area contributed by atoms with Crippen LogP contribution in [0.1, 0.15) is 87.3 Å². The Hall–Kier alpha value is -3.51. The summed E-state index contributed by atoms with van der Waals surface area (Å²) in [7, 11) is 0. The van der Waals surface area contributed by atoms with Gasteiger partial charge in [-0.15, -0.1) is 0 Å². The highest BCUT2D eigenvalue weighted by Crippen LogP contribution is 2.40. The Morgan fingerprint density at radius 1 is 0.889 bits per heavy atom. The average Bonchev–Trinajstić information content (AvgIpc) is 3.43. The van der Waals surface area contributed by atoms with Crippen molar-refractivity contribution in [3.8, 4) is 0 Å². The van der Waals surface area contributed by atoms with Crippen molar-refractivity contribution in [2.45, 2.75) is 112 Å². The number of amides is 2. The Bertz CT molecular complexity index is 1260. The van der Waals surface area contributed by atoms with Gasteiger partial charge in [0.2, 0.25) is 5.91 Å². The summed E-state index contributed by atoms with van der Waals surface area (Å²) in [5, 5.41) is 11.1. The lowest BCUT2D eigenvalue weighted by molar-refractivity contribution is -0.191. The first kappa shape index (κ1) is 36.0. The minimum Gasteiger partial charge on any atom is -0.461 e. The average molecular weight is 634 g/mol. The third kappa shape index (κ3) is 8.21. The van der Waals surface area contributed by atoms with Gasteiger partial charge in [0, 0.05) is 0 Å². The molecule has 0 bridgehead atoms. The number of imide groups is 1. The molecule has 1 aromatic rings. The van der Waals surface area contributed by atoms with Crippen LogP contribution in [0.4, 0.5) is 4.79 Å². The zero-order valence-corrected chi connectivity index (χ0v) is 27.8. The molecule has 0 aromatic heterocycles. The molecule has 0 unspecified atom stereocenters. The van der Waals surface area contributed by atoms with E-state index in [0.717, 1.165) is 4.90 Å². The number of rotatable bonds is 9. The van der Waals surface area contributed by atoms with Gasteiger partial charge in [0.05, 0.1) is 28.3 Å². The normalized spacial score (nSPS) is 23.8. The van der Waals surface area contributed by atoms with Crippen LogP contribution in [-0.4, -0.2) is 77.2 Å². The predicted molar refractivity (Wildman–Crippen MR) is 160 cm³/mol. The molecule has 250 valence electrons. The Labute approximate surface area is 264 Å². The first-order valence-corrected chi connectivity index (χ1v) is 15.2. The van der Waals surface area contributed by atoms with E-state index in [0.29, 0.717) is 5.56 Å². The van der Waals surface area contributed by atoms with Crippen molar-refractivity contribution in [2.75, 3.05) is 6.61 Å². The Balaban J connectivity index is 2.01. The maximum atomic E-state index is 13.9. The van der Waals surface area contributed by atoms with E-state index in [1.807, 2.05) is 0 Å². The lowest BCUT2D eigenvalue weighted by atomic mass is 9.92. The van der Waals surface area contributed by atoms with Gasteiger partial charge in [-0.25, -0.2) is 9.69 Å². The molecule has 12 heteroatoms. The van der Waals surface area contributed by atoms with E-state index in [-0.39, 0.29) is 6.42 Å². The van der Waals surface area contributed by atoms with Gasteiger partial charge in [-0.05, 0) is 74.3 Å². The molecular weight excluding hydrogens is 586 g/mol. The molecule has 0 aliphatic carbocycles. The van der Waals surface area contributed by atoms with E-state index in [2.05, 4.69) is 0 Å². The summed E-state index contributed by atoms with van der Waals surface area (Å²) in [6, 6.07) is 8.56. The second kappa shape index (κ2) is 13.5. The summed E-state index contributed by atoms with van der Waals surface area (Å²) >= 11 is 0. The van der Waals surface area contributed by atoms with Gasteiger partial charge in [-0.2, -0.15) is 0 Å². The van der Waals surface area contributed by atoms with Crippen molar-refractivity contribution in [2.24, 2.45) is 22.2 Å². The van der Waals surface area contributed by atoms with Gasteiger partial charge >= 0.3 is 24.0 Å². The van der Waals surface area contributed by atoms with Crippen LogP contribution >= 0.6 is 0 Å². The standard InChI is InChI=1S/C33H47NO11/c1-11-19(21(35)18-15-13-12-14-16-18)25(36)34-26-24(45-30(34)40)23(44-29(39)33(8,9)10)22(43-26)20(42-28(38)32(5,6)7)17-41-27(37)31(2,3)4/h12-16,19-24,26,35H,11,17H2,1-10H3/t19-,20+,21+,22+,23-,24+,26-/m0/s1. The smallest absolute Gasteiger partial charge is 0.419 e. The largest absolute Gasteiger partial charge is 0.461 e. The molecule has 2 fully saturated rings. The molecule has 0 saturated carbocycles. The minimum atomic E-state index is -1.39. The molecule has 12 nitrogen and oxygen atoms in total. The summed E-state index contributed by atoms with van der Waals surface area (Å²) < 4.78 is 29.0. The van der Waals surface area contributed by atoms with Gasteiger partial charge in [-0.1, -0.05) is 37.3 Å². The summed E-state index contributed by atoms with van der Waals surface area (Å²) in [5.41, 5.74) is -2.34. The molecule has 2 saturated heterocycles. The number of nitrogens with zero attached hydrogens (tertiary/aromatic N) is 1. The number of carbonyl (C=O) groups excluding carboxylic acids is 5. The molecular formula is C33H47NO11. The highest BCUT2D eigenvalue weighted by atomic mass is 16.7. The van der Waals surface area contributed by atoms with Crippen LogP contribution < -0.4 is 0 Å². The van der Waals surface area contributed by atoms with Crippen molar-refractivity contribution in [1.29, 1.82) is 0 Å². The minimum absolute atomic E-state index is 0.177. The molecule has 1 aromatic carbocycles. The van der Waals surface area contributed by atoms with Crippen molar-refractivity contribution in [1.82, 2.24) is 4.90 Å². The van der Waals surface area contributed by atoms with E-state index in [1.165, 1.54) is 0 Å². The summed E-state index contributed by atoms with van der Waals surface area (Å²) in [4.78, 5) is 66.7. The Kier molecular flexibility index (Phi) is 10.8. The van der Waals surface area contributed by atoms with Crippen LogP contribution in [0.2, 0.25) is 0 Å².